The van der Waals surface area contributed by atoms with Gasteiger partial charge in [-0.25, -0.2) is 0 Å². The first-order valence-corrected chi connectivity index (χ1v) is 8.15. The van der Waals surface area contributed by atoms with Crippen LogP contribution in [0.1, 0.15) is 19.8 Å². The van der Waals surface area contributed by atoms with Gasteiger partial charge in [-0.3, -0.25) is 9.69 Å². The van der Waals surface area contributed by atoms with Crippen LogP contribution >= 0.6 is 23.1 Å². The molecule has 0 aliphatic carbocycles. The normalized spacial score (nSPS) is 19.7. The summed E-state index contributed by atoms with van der Waals surface area (Å²) in [6.45, 7) is 5.33. The number of likely N-dealkylation sites (tertiary alicyclic amines) is 1. The Hall–Kier alpha value is -0.860. The maximum Gasteiger partial charge on any atom is 0.313 e. The van der Waals surface area contributed by atoms with Crippen LogP contribution in [0.4, 0.5) is 5.13 Å². The molecule has 1 aliphatic heterocycles. The first kappa shape index (κ1) is 14.5. The third-order valence-electron chi connectivity index (χ3n) is 3.12. The number of thioether (sulfide) groups is 1. The van der Waals surface area contributed by atoms with Crippen molar-refractivity contribution in [3.8, 4) is 0 Å². The van der Waals surface area contributed by atoms with Gasteiger partial charge in [0.15, 0.2) is 4.34 Å². The van der Waals surface area contributed by atoms with Crippen molar-refractivity contribution in [1.82, 2.24) is 15.1 Å². The quantitative estimate of drug-likeness (QED) is 0.741. The summed E-state index contributed by atoms with van der Waals surface area (Å²) >= 11 is 2.62. The molecule has 0 bridgehead atoms. The highest BCUT2D eigenvalue weighted by Crippen LogP contribution is 2.26. The summed E-state index contributed by atoms with van der Waals surface area (Å²) in [6.07, 6.45) is 2.48. The van der Waals surface area contributed by atoms with E-state index in [1.54, 1.807) is 0 Å². The van der Waals surface area contributed by atoms with E-state index in [4.69, 9.17) is 5.11 Å². The van der Waals surface area contributed by atoms with Gasteiger partial charge in [-0.1, -0.05) is 30.0 Å². The molecule has 8 heteroatoms. The van der Waals surface area contributed by atoms with Crippen molar-refractivity contribution in [1.29, 1.82) is 0 Å². The van der Waals surface area contributed by atoms with E-state index in [9.17, 15) is 4.79 Å². The number of rotatable bonds is 7. The van der Waals surface area contributed by atoms with E-state index in [2.05, 4.69) is 27.3 Å². The number of aromatic nitrogens is 2. The predicted octanol–water partition coefficient (Wildman–Crippen LogP) is 1.61. The molecule has 0 saturated carbocycles. The Morgan fingerprint density at radius 2 is 2.47 bits per heavy atom. The number of carboxylic acids is 1. The maximum atomic E-state index is 10.5. The standard InChI is InChI=1S/C11H18N4O2S2/c1-2-15-5-3-4-8(15)6-12-10-13-14-11(19-10)18-7-9(16)17/h8H,2-7H2,1H3,(H,12,13)(H,16,17). The Morgan fingerprint density at radius 1 is 1.63 bits per heavy atom. The Labute approximate surface area is 120 Å². The van der Waals surface area contributed by atoms with Gasteiger partial charge in [0.2, 0.25) is 5.13 Å². The molecule has 1 aromatic heterocycles. The van der Waals surface area contributed by atoms with Crippen molar-refractivity contribution >= 4 is 34.2 Å². The van der Waals surface area contributed by atoms with Gasteiger partial charge >= 0.3 is 5.97 Å². The van der Waals surface area contributed by atoms with Crippen LogP contribution in [0.3, 0.4) is 0 Å². The van der Waals surface area contributed by atoms with Gasteiger partial charge in [0, 0.05) is 12.6 Å². The van der Waals surface area contributed by atoms with Gasteiger partial charge in [-0.2, -0.15) is 0 Å². The van der Waals surface area contributed by atoms with Gasteiger partial charge < -0.3 is 10.4 Å². The summed E-state index contributed by atoms with van der Waals surface area (Å²) in [5.41, 5.74) is 0. The Morgan fingerprint density at radius 3 is 3.21 bits per heavy atom. The number of carboxylic acid groups (broad SMARTS) is 1. The third-order valence-corrected chi connectivity index (χ3v) is 5.12. The number of hydrogen-bond donors (Lipinski definition) is 2. The van der Waals surface area contributed by atoms with E-state index < -0.39 is 5.97 Å². The topological polar surface area (TPSA) is 78.3 Å². The molecule has 19 heavy (non-hydrogen) atoms. The van der Waals surface area contributed by atoms with Crippen LogP contribution in [0.25, 0.3) is 0 Å². The second kappa shape index (κ2) is 7.06. The molecule has 1 unspecified atom stereocenters. The summed E-state index contributed by atoms with van der Waals surface area (Å²) in [5, 5.41) is 20.7. The minimum Gasteiger partial charge on any atom is -0.481 e. The Balaban J connectivity index is 1.78. The Kier molecular flexibility index (Phi) is 5.41. The SMILES string of the molecule is CCN1CCCC1CNc1nnc(SCC(=O)O)s1. The smallest absolute Gasteiger partial charge is 0.313 e. The van der Waals surface area contributed by atoms with Gasteiger partial charge in [0.1, 0.15) is 0 Å². The molecule has 2 N–H and O–H groups in total. The molecule has 2 heterocycles. The molecule has 1 fully saturated rings. The van der Waals surface area contributed by atoms with Crippen LogP contribution < -0.4 is 5.32 Å². The highest BCUT2D eigenvalue weighted by atomic mass is 32.2. The summed E-state index contributed by atoms with van der Waals surface area (Å²) in [5.74, 6) is -0.805. The monoisotopic (exact) mass is 302 g/mol. The molecule has 1 atom stereocenters. The van der Waals surface area contributed by atoms with E-state index >= 15 is 0 Å². The van der Waals surface area contributed by atoms with Crippen molar-refractivity contribution in [3.63, 3.8) is 0 Å². The molecule has 2 rings (SSSR count). The highest BCUT2D eigenvalue weighted by molar-refractivity contribution is 8.01. The fourth-order valence-electron chi connectivity index (χ4n) is 2.21. The zero-order valence-corrected chi connectivity index (χ0v) is 12.5. The first-order valence-electron chi connectivity index (χ1n) is 6.35. The lowest BCUT2D eigenvalue weighted by Crippen LogP contribution is -2.34. The fraction of sp³-hybridized carbons (Fsp3) is 0.727. The van der Waals surface area contributed by atoms with E-state index in [1.165, 1.54) is 42.5 Å². The summed E-state index contributed by atoms with van der Waals surface area (Å²) in [6, 6.07) is 0.573. The van der Waals surface area contributed by atoms with Crippen LogP contribution in [-0.2, 0) is 4.79 Å². The Bertz CT molecular complexity index is 427. The van der Waals surface area contributed by atoms with E-state index in [0.29, 0.717) is 10.4 Å². The van der Waals surface area contributed by atoms with Crippen molar-refractivity contribution in [2.75, 3.05) is 30.7 Å². The number of likely N-dealkylation sites (N-methyl/N-ethyl adjacent to an activating group) is 1. The lowest BCUT2D eigenvalue weighted by molar-refractivity contribution is -0.133. The van der Waals surface area contributed by atoms with Gasteiger partial charge in [-0.05, 0) is 25.9 Å². The summed E-state index contributed by atoms with van der Waals surface area (Å²) in [4.78, 5) is 12.9. The van der Waals surface area contributed by atoms with Gasteiger partial charge in [0.05, 0.1) is 5.75 Å². The molecule has 6 nitrogen and oxygen atoms in total. The molecule has 1 aromatic rings. The molecule has 0 spiro atoms. The minimum atomic E-state index is -0.834. The molecular formula is C11H18N4O2S2. The minimum absolute atomic E-state index is 0.0286. The molecule has 1 aliphatic rings. The van der Waals surface area contributed by atoms with Crippen molar-refractivity contribution in [3.05, 3.63) is 0 Å². The van der Waals surface area contributed by atoms with Crippen LogP contribution in [0, 0.1) is 0 Å². The lowest BCUT2D eigenvalue weighted by Gasteiger charge is -2.22. The number of anilines is 1. The van der Waals surface area contributed by atoms with Gasteiger partial charge in [-0.15, -0.1) is 10.2 Å². The fourth-order valence-corrected chi connectivity index (χ4v) is 3.69. The number of aliphatic carboxylic acids is 1. The van der Waals surface area contributed by atoms with Gasteiger partial charge in [0.25, 0.3) is 0 Å². The molecular weight excluding hydrogens is 284 g/mol. The maximum absolute atomic E-state index is 10.5. The van der Waals surface area contributed by atoms with Crippen LogP contribution in [0.15, 0.2) is 4.34 Å². The zero-order valence-electron chi connectivity index (χ0n) is 10.8. The van der Waals surface area contributed by atoms with Crippen molar-refractivity contribution < 1.29 is 9.90 Å². The van der Waals surface area contributed by atoms with Crippen LogP contribution in [-0.4, -0.2) is 57.6 Å². The second-order valence-electron chi connectivity index (χ2n) is 4.36. The molecule has 0 aromatic carbocycles. The first-order chi connectivity index (χ1) is 9.19. The molecule has 0 radical (unpaired) electrons. The van der Waals surface area contributed by atoms with Crippen LogP contribution in [0.2, 0.25) is 0 Å². The van der Waals surface area contributed by atoms with Crippen molar-refractivity contribution in [2.45, 2.75) is 30.1 Å². The average molecular weight is 302 g/mol. The van der Waals surface area contributed by atoms with Crippen LogP contribution in [0.5, 0.6) is 0 Å². The highest BCUT2D eigenvalue weighted by Gasteiger charge is 2.22. The molecule has 0 amide bonds. The summed E-state index contributed by atoms with van der Waals surface area (Å²) in [7, 11) is 0. The van der Waals surface area contributed by atoms with Crippen molar-refractivity contribution in [2.24, 2.45) is 0 Å². The number of hydrogen-bond acceptors (Lipinski definition) is 7. The lowest BCUT2D eigenvalue weighted by atomic mass is 10.2. The number of nitrogens with one attached hydrogen (secondary N) is 1. The van der Waals surface area contributed by atoms with E-state index in [0.717, 1.165) is 18.2 Å². The number of nitrogens with zero attached hydrogens (tertiary/aromatic N) is 3. The second-order valence-corrected chi connectivity index (χ2v) is 6.56. The number of carbonyl (C=O) groups is 1. The molecule has 106 valence electrons. The third kappa shape index (κ3) is 4.32. The zero-order chi connectivity index (χ0) is 13.7. The van der Waals surface area contributed by atoms with E-state index in [-0.39, 0.29) is 5.75 Å². The predicted molar refractivity (Wildman–Crippen MR) is 77.0 cm³/mol. The summed E-state index contributed by atoms with van der Waals surface area (Å²) < 4.78 is 0.698. The molecule has 1 saturated heterocycles. The van der Waals surface area contributed by atoms with E-state index in [1.807, 2.05) is 0 Å². The average Bonchev–Trinajstić information content (AvgIpc) is 3.02. The largest absolute Gasteiger partial charge is 0.481 e.